The zero-order valence-electron chi connectivity index (χ0n) is 11.9. The highest BCUT2D eigenvalue weighted by molar-refractivity contribution is 6.31. The normalized spacial score (nSPS) is 10.4. The van der Waals surface area contributed by atoms with Crippen molar-refractivity contribution in [2.24, 2.45) is 0 Å². The Bertz CT molecular complexity index is 630. The van der Waals surface area contributed by atoms with E-state index in [1.54, 1.807) is 42.5 Å². The highest BCUT2D eigenvalue weighted by atomic mass is 35.5. The molecule has 0 unspecified atom stereocenters. The second kappa shape index (κ2) is 7.23. The van der Waals surface area contributed by atoms with Crippen molar-refractivity contribution in [3.63, 3.8) is 0 Å². The predicted molar refractivity (Wildman–Crippen MR) is 84.7 cm³/mol. The van der Waals surface area contributed by atoms with Gasteiger partial charge in [-0.2, -0.15) is 0 Å². The van der Waals surface area contributed by atoms with Gasteiger partial charge in [0, 0.05) is 30.1 Å². The molecule has 0 N–H and O–H groups in total. The van der Waals surface area contributed by atoms with Crippen molar-refractivity contribution in [2.45, 2.75) is 13.3 Å². The molecule has 0 aliphatic rings. The van der Waals surface area contributed by atoms with E-state index in [0.717, 1.165) is 0 Å². The highest BCUT2D eigenvalue weighted by Crippen LogP contribution is 2.19. The number of halogens is 2. The van der Waals surface area contributed by atoms with Gasteiger partial charge in [0.15, 0.2) is 5.78 Å². The molecule has 0 spiro atoms. The van der Waals surface area contributed by atoms with Crippen molar-refractivity contribution in [2.75, 3.05) is 18.0 Å². The quantitative estimate of drug-likeness (QED) is 0.728. The number of carbonyl (C=O) groups is 1. The van der Waals surface area contributed by atoms with E-state index in [1.165, 1.54) is 6.07 Å². The number of anilines is 1. The van der Waals surface area contributed by atoms with Crippen molar-refractivity contribution in [3.05, 3.63) is 64.9 Å². The molecule has 0 fully saturated rings. The number of ketones is 1. The van der Waals surface area contributed by atoms with Crippen LogP contribution in [-0.4, -0.2) is 18.9 Å². The van der Waals surface area contributed by atoms with Crippen LogP contribution in [-0.2, 0) is 0 Å². The third-order valence-electron chi connectivity index (χ3n) is 3.33. The molecule has 0 atom stereocenters. The van der Waals surface area contributed by atoms with Crippen LogP contribution in [0.3, 0.4) is 0 Å². The lowest BCUT2D eigenvalue weighted by Gasteiger charge is -2.23. The van der Waals surface area contributed by atoms with Gasteiger partial charge in [0.25, 0.3) is 0 Å². The minimum absolute atomic E-state index is 0.00675. The summed E-state index contributed by atoms with van der Waals surface area (Å²) >= 11 is 5.88. The van der Waals surface area contributed by atoms with Gasteiger partial charge in [-0.05, 0) is 31.2 Å². The van der Waals surface area contributed by atoms with E-state index in [9.17, 15) is 9.18 Å². The molecule has 0 aromatic heterocycles. The Morgan fingerprint density at radius 1 is 1.19 bits per heavy atom. The number of benzene rings is 2. The zero-order valence-corrected chi connectivity index (χ0v) is 12.6. The monoisotopic (exact) mass is 305 g/mol. The van der Waals surface area contributed by atoms with E-state index in [2.05, 4.69) is 0 Å². The third-order valence-corrected chi connectivity index (χ3v) is 3.57. The summed E-state index contributed by atoms with van der Waals surface area (Å²) in [5.41, 5.74) is 1.12. The Balaban J connectivity index is 2.04. The largest absolute Gasteiger partial charge is 0.369 e. The van der Waals surface area contributed by atoms with Gasteiger partial charge in [-0.15, -0.1) is 0 Å². The summed E-state index contributed by atoms with van der Waals surface area (Å²) in [6.45, 7) is 3.06. The summed E-state index contributed by atoms with van der Waals surface area (Å²) in [7, 11) is 0. The van der Waals surface area contributed by atoms with Crippen LogP contribution in [0.5, 0.6) is 0 Å². The van der Waals surface area contributed by atoms with Crippen LogP contribution in [0.4, 0.5) is 10.1 Å². The van der Waals surface area contributed by atoms with Crippen molar-refractivity contribution >= 4 is 23.1 Å². The molecule has 110 valence electrons. The fraction of sp³-hybridized carbons (Fsp3) is 0.235. The van der Waals surface area contributed by atoms with Crippen LogP contribution in [0.15, 0.2) is 48.5 Å². The van der Waals surface area contributed by atoms with Crippen LogP contribution < -0.4 is 4.90 Å². The maximum Gasteiger partial charge on any atom is 0.164 e. The molecule has 21 heavy (non-hydrogen) atoms. The van der Waals surface area contributed by atoms with Gasteiger partial charge >= 0.3 is 0 Å². The van der Waals surface area contributed by atoms with Crippen LogP contribution in [0.25, 0.3) is 0 Å². The fourth-order valence-electron chi connectivity index (χ4n) is 2.20. The van der Waals surface area contributed by atoms with E-state index in [1.807, 2.05) is 11.8 Å². The molecule has 0 amide bonds. The Hall–Kier alpha value is -1.87. The third kappa shape index (κ3) is 4.05. The second-order valence-corrected chi connectivity index (χ2v) is 5.15. The van der Waals surface area contributed by atoms with Crippen LogP contribution in [0, 0.1) is 5.82 Å². The zero-order chi connectivity index (χ0) is 15.2. The SMILES string of the molecule is CCN(CCC(=O)c1cccc(Cl)c1)c1ccccc1F. The van der Waals surface area contributed by atoms with E-state index >= 15 is 0 Å². The maximum absolute atomic E-state index is 13.8. The maximum atomic E-state index is 13.8. The molecule has 0 aliphatic heterocycles. The molecule has 0 aliphatic carbocycles. The first-order chi connectivity index (χ1) is 10.1. The molecule has 2 nitrogen and oxygen atoms in total. The smallest absolute Gasteiger partial charge is 0.164 e. The molecule has 4 heteroatoms. The van der Waals surface area contributed by atoms with E-state index < -0.39 is 0 Å². The predicted octanol–water partition coefficient (Wildman–Crippen LogP) is 4.58. The number of para-hydroxylation sites is 1. The Morgan fingerprint density at radius 3 is 2.62 bits per heavy atom. The molecule has 2 aromatic carbocycles. The summed E-state index contributed by atoms with van der Waals surface area (Å²) in [6.07, 6.45) is 0.322. The summed E-state index contributed by atoms with van der Waals surface area (Å²) in [4.78, 5) is 14.0. The van der Waals surface area contributed by atoms with E-state index in [4.69, 9.17) is 11.6 Å². The van der Waals surface area contributed by atoms with Gasteiger partial charge in [-0.1, -0.05) is 35.9 Å². The van der Waals surface area contributed by atoms with Crippen LogP contribution in [0.2, 0.25) is 5.02 Å². The lowest BCUT2D eigenvalue weighted by molar-refractivity contribution is 0.0984. The Labute approximate surface area is 129 Å². The number of carbonyl (C=O) groups excluding carboxylic acids is 1. The van der Waals surface area contributed by atoms with Crippen molar-refractivity contribution in [1.82, 2.24) is 0 Å². The van der Waals surface area contributed by atoms with Crippen molar-refractivity contribution in [1.29, 1.82) is 0 Å². The summed E-state index contributed by atoms with van der Waals surface area (Å²) in [5, 5.41) is 0.544. The number of hydrogen-bond acceptors (Lipinski definition) is 2. The summed E-state index contributed by atoms with van der Waals surface area (Å²) < 4.78 is 13.8. The van der Waals surface area contributed by atoms with Gasteiger partial charge in [0.05, 0.1) is 5.69 Å². The molecular weight excluding hydrogens is 289 g/mol. The molecule has 0 bridgehead atoms. The highest BCUT2D eigenvalue weighted by Gasteiger charge is 2.12. The van der Waals surface area contributed by atoms with Gasteiger partial charge < -0.3 is 4.90 Å². The first-order valence-corrected chi connectivity index (χ1v) is 7.28. The molecule has 0 saturated heterocycles. The fourth-order valence-corrected chi connectivity index (χ4v) is 2.39. The second-order valence-electron chi connectivity index (χ2n) is 4.71. The Morgan fingerprint density at radius 2 is 1.95 bits per heavy atom. The van der Waals surface area contributed by atoms with Gasteiger partial charge in [-0.3, -0.25) is 4.79 Å². The molecule has 0 radical (unpaired) electrons. The molecular formula is C17H17ClFNO. The standard InChI is InChI=1S/C17H17ClFNO/c1-2-20(16-9-4-3-8-15(16)19)11-10-17(21)13-6-5-7-14(18)12-13/h3-9,12H,2,10-11H2,1H3. The molecule has 0 saturated carbocycles. The minimum Gasteiger partial charge on any atom is -0.369 e. The first-order valence-electron chi connectivity index (χ1n) is 6.90. The van der Waals surface area contributed by atoms with Crippen molar-refractivity contribution < 1.29 is 9.18 Å². The van der Waals surface area contributed by atoms with Crippen LogP contribution in [0.1, 0.15) is 23.7 Å². The molecule has 2 aromatic rings. The average Bonchev–Trinajstić information content (AvgIpc) is 2.49. The molecule has 2 rings (SSSR count). The van der Waals surface area contributed by atoms with E-state index in [0.29, 0.717) is 35.8 Å². The number of hydrogen-bond donors (Lipinski definition) is 0. The molecule has 0 heterocycles. The number of Topliss-reactive ketones (excluding diaryl/α,β-unsaturated/α-hetero) is 1. The van der Waals surface area contributed by atoms with Gasteiger partial charge in [0.2, 0.25) is 0 Å². The first kappa shape index (κ1) is 15.5. The minimum atomic E-state index is -0.269. The topological polar surface area (TPSA) is 20.3 Å². The lowest BCUT2D eigenvalue weighted by atomic mass is 10.1. The average molecular weight is 306 g/mol. The lowest BCUT2D eigenvalue weighted by Crippen LogP contribution is -2.26. The summed E-state index contributed by atoms with van der Waals surface area (Å²) in [5.74, 6) is -0.262. The van der Waals surface area contributed by atoms with Crippen LogP contribution >= 0.6 is 11.6 Å². The van der Waals surface area contributed by atoms with Crippen molar-refractivity contribution in [3.8, 4) is 0 Å². The van der Waals surface area contributed by atoms with Gasteiger partial charge in [-0.25, -0.2) is 4.39 Å². The van der Waals surface area contributed by atoms with Gasteiger partial charge in [0.1, 0.15) is 5.82 Å². The van der Waals surface area contributed by atoms with E-state index in [-0.39, 0.29) is 11.6 Å². The Kier molecular flexibility index (Phi) is 5.34. The number of rotatable bonds is 6. The number of nitrogens with zero attached hydrogens (tertiary/aromatic N) is 1. The summed E-state index contributed by atoms with van der Waals surface area (Å²) in [6, 6.07) is 13.5.